The Morgan fingerprint density at radius 3 is 2.93 bits per heavy atom. The number of nitrogens with zero attached hydrogens (tertiary/aromatic N) is 1. The zero-order valence-corrected chi connectivity index (χ0v) is 8.08. The van der Waals surface area contributed by atoms with Gasteiger partial charge in [0.15, 0.2) is 0 Å². The fraction of sp³-hybridized carbons (Fsp3) is 0.250. The molecule has 2 nitrogen and oxygen atoms in total. The van der Waals surface area contributed by atoms with E-state index in [2.05, 4.69) is 19.1 Å². The van der Waals surface area contributed by atoms with Crippen molar-refractivity contribution in [3.63, 3.8) is 0 Å². The number of furan rings is 1. The van der Waals surface area contributed by atoms with Gasteiger partial charge < -0.3 is 4.42 Å². The second-order valence-electron chi connectivity index (χ2n) is 3.34. The van der Waals surface area contributed by atoms with E-state index in [-0.39, 0.29) is 0 Å². The molecular formula is C12H11NO. The quantitative estimate of drug-likeness (QED) is 0.720. The maximum absolute atomic E-state index is 8.67. The maximum atomic E-state index is 8.67. The Morgan fingerprint density at radius 1 is 1.36 bits per heavy atom. The summed E-state index contributed by atoms with van der Waals surface area (Å²) in [6, 6.07) is 9.86. The van der Waals surface area contributed by atoms with Gasteiger partial charge in [-0.1, -0.05) is 19.4 Å². The van der Waals surface area contributed by atoms with Crippen LogP contribution in [-0.2, 0) is 6.42 Å². The van der Waals surface area contributed by atoms with Crippen LogP contribution in [0.15, 0.2) is 28.7 Å². The molecule has 0 atom stereocenters. The van der Waals surface area contributed by atoms with E-state index in [1.54, 1.807) is 6.07 Å². The molecule has 0 saturated heterocycles. The van der Waals surface area contributed by atoms with Gasteiger partial charge in [-0.2, -0.15) is 5.26 Å². The van der Waals surface area contributed by atoms with Gasteiger partial charge in [0.1, 0.15) is 11.7 Å². The summed E-state index contributed by atoms with van der Waals surface area (Å²) in [5.41, 5.74) is 2.09. The van der Waals surface area contributed by atoms with Gasteiger partial charge in [-0.05, 0) is 24.1 Å². The molecule has 1 aromatic carbocycles. The zero-order chi connectivity index (χ0) is 9.97. The predicted octanol–water partition coefficient (Wildman–Crippen LogP) is 3.26. The van der Waals surface area contributed by atoms with E-state index >= 15 is 0 Å². The molecule has 70 valence electrons. The molecule has 0 bridgehead atoms. The summed E-state index contributed by atoms with van der Waals surface area (Å²) in [5.74, 6) is 0.383. The molecule has 0 saturated carbocycles. The summed E-state index contributed by atoms with van der Waals surface area (Å²) in [7, 11) is 0. The minimum Gasteiger partial charge on any atom is -0.446 e. The Morgan fingerprint density at radius 2 is 2.21 bits per heavy atom. The first kappa shape index (κ1) is 8.83. The highest BCUT2D eigenvalue weighted by Crippen LogP contribution is 2.20. The summed E-state index contributed by atoms with van der Waals surface area (Å²) in [5, 5.41) is 9.69. The van der Waals surface area contributed by atoms with Crippen molar-refractivity contribution in [3.05, 3.63) is 35.6 Å². The number of hydrogen-bond acceptors (Lipinski definition) is 2. The van der Waals surface area contributed by atoms with Gasteiger partial charge in [-0.3, -0.25) is 0 Å². The standard InChI is InChI=1S/C12H11NO/c1-2-3-9-4-5-12-10(6-9)7-11(8-13)14-12/h4-7H,2-3H2,1H3. The molecule has 0 aliphatic rings. The molecule has 14 heavy (non-hydrogen) atoms. The van der Waals surface area contributed by atoms with E-state index < -0.39 is 0 Å². The zero-order valence-electron chi connectivity index (χ0n) is 8.08. The van der Waals surface area contributed by atoms with Crippen LogP contribution in [0.25, 0.3) is 11.0 Å². The van der Waals surface area contributed by atoms with E-state index in [1.807, 2.05) is 12.1 Å². The highest BCUT2D eigenvalue weighted by atomic mass is 16.3. The maximum Gasteiger partial charge on any atom is 0.204 e. The highest BCUT2D eigenvalue weighted by molar-refractivity contribution is 5.79. The van der Waals surface area contributed by atoms with Crippen LogP contribution in [0.2, 0.25) is 0 Å². The Kier molecular flexibility index (Phi) is 2.24. The first-order valence-electron chi connectivity index (χ1n) is 4.76. The largest absolute Gasteiger partial charge is 0.446 e. The minimum atomic E-state index is 0.383. The lowest BCUT2D eigenvalue weighted by Gasteiger charge is -1.96. The number of benzene rings is 1. The van der Waals surface area contributed by atoms with Crippen molar-refractivity contribution in [2.45, 2.75) is 19.8 Å². The number of fused-ring (bicyclic) bond motifs is 1. The average molecular weight is 185 g/mol. The van der Waals surface area contributed by atoms with Crippen LogP contribution < -0.4 is 0 Å². The summed E-state index contributed by atoms with van der Waals surface area (Å²) >= 11 is 0. The van der Waals surface area contributed by atoms with Crippen LogP contribution in [-0.4, -0.2) is 0 Å². The lowest BCUT2D eigenvalue weighted by Crippen LogP contribution is -1.80. The Hall–Kier alpha value is -1.75. The van der Waals surface area contributed by atoms with Crippen molar-refractivity contribution in [2.24, 2.45) is 0 Å². The van der Waals surface area contributed by atoms with E-state index in [0.29, 0.717) is 5.76 Å². The molecule has 0 unspecified atom stereocenters. The third kappa shape index (κ3) is 1.49. The topological polar surface area (TPSA) is 36.9 Å². The Bertz CT molecular complexity index is 490. The van der Waals surface area contributed by atoms with Crippen molar-refractivity contribution in [1.82, 2.24) is 0 Å². The smallest absolute Gasteiger partial charge is 0.204 e. The van der Waals surface area contributed by atoms with Crippen LogP contribution in [0.3, 0.4) is 0 Å². The molecular weight excluding hydrogens is 174 g/mol. The molecule has 0 radical (unpaired) electrons. The van der Waals surface area contributed by atoms with Gasteiger partial charge in [0.25, 0.3) is 0 Å². The minimum absolute atomic E-state index is 0.383. The Labute approximate surface area is 82.8 Å². The van der Waals surface area contributed by atoms with E-state index in [0.717, 1.165) is 23.8 Å². The van der Waals surface area contributed by atoms with Gasteiger partial charge in [0.2, 0.25) is 5.76 Å². The van der Waals surface area contributed by atoms with E-state index in [1.165, 1.54) is 5.56 Å². The average Bonchev–Trinajstić information content (AvgIpc) is 2.60. The van der Waals surface area contributed by atoms with E-state index in [9.17, 15) is 0 Å². The van der Waals surface area contributed by atoms with Gasteiger partial charge in [-0.25, -0.2) is 0 Å². The molecule has 2 aromatic rings. The summed E-state index contributed by atoms with van der Waals surface area (Å²) in [6.07, 6.45) is 2.21. The molecule has 0 spiro atoms. The second-order valence-corrected chi connectivity index (χ2v) is 3.34. The van der Waals surface area contributed by atoms with Crippen LogP contribution in [0.5, 0.6) is 0 Å². The summed E-state index contributed by atoms with van der Waals surface area (Å²) in [4.78, 5) is 0. The number of nitriles is 1. The molecule has 0 aliphatic carbocycles. The molecule has 2 heteroatoms. The second kappa shape index (κ2) is 3.55. The van der Waals surface area contributed by atoms with E-state index in [4.69, 9.17) is 9.68 Å². The fourth-order valence-electron chi connectivity index (χ4n) is 1.59. The van der Waals surface area contributed by atoms with Crippen molar-refractivity contribution in [2.75, 3.05) is 0 Å². The van der Waals surface area contributed by atoms with Crippen molar-refractivity contribution in [3.8, 4) is 6.07 Å². The summed E-state index contributed by atoms with van der Waals surface area (Å²) in [6.45, 7) is 2.15. The molecule has 2 rings (SSSR count). The molecule has 0 amide bonds. The molecule has 1 heterocycles. The van der Waals surface area contributed by atoms with Crippen LogP contribution in [0, 0.1) is 11.3 Å². The van der Waals surface area contributed by atoms with Crippen LogP contribution >= 0.6 is 0 Å². The number of hydrogen-bond donors (Lipinski definition) is 0. The molecule has 1 aromatic heterocycles. The monoisotopic (exact) mass is 185 g/mol. The normalized spacial score (nSPS) is 10.3. The molecule has 0 fully saturated rings. The summed E-state index contributed by atoms with van der Waals surface area (Å²) < 4.78 is 5.29. The molecule has 0 N–H and O–H groups in total. The lowest BCUT2D eigenvalue weighted by molar-refractivity contribution is 0.599. The van der Waals surface area contributed by atoms with Crippen LogP contribution in [0.1, 0.15) is 24.7 Å². The number of rotatable bonds is 2. The first-order valence-corrected chi connectivity index (χ1v) is 4.76. The van der Waals surface area contributed by atoms with Gasteiger partial charge in [-0.15, -0.1) is 0 Å². The predicted molar refractivity (Wildman–Crippen MR) is 54.9 cm³/mol. The molecule has 0 aliphatic heterocycles. The highest BCUT2D eigenvalue weighted by Gasteiger charge is 2.02. The van der Waals surface area contributed by atoms with Gasteiger partial charge in [0, 0.05) is 11.5 Å². The first-order chi connectivity index (χ1) is 6.83. The van der Waals surface area contributed by atoms with Crippen molar-refractivity contribution in [1.29, 1.82) is 5.26 Å². The van der Waals surface area contributed by atoms with Gasteiger partial charge >= 0.3 is 0 Å². The van der Waals surface area contributed by atoms with Crippen LogP contribution in [0.4, 0.5) is 0 Å². The van der Waals surface area contributed by atoms with Crippen molar-refractivity contribution >= 4 is 11.0 Å². The number of aryl methyl sites for hydroxylation is 1. The third-order valence-corrected chi connectivity index (χ3v) is 2.23. The lowest BCUT2D eigenvalue weighted by atomic mass is 10.1. The SMILES string of the molecule is CCCc1ccc2oc(C#N)cc2c1. The third-order valence-electron chi connectivity index (χ3n) is 2.23. The van der Waals surface area contributed by atoms with Gasteiger partial charge in [0.05, 0.1) is 0 Å². The Balaban J connectivity index is 2.50. The van der Waals surface area contributed by atoms with Crippen molar-refractivity contribution < 1.29 is 4.42 Å². The fourth-order valence-corrected chi connectivity index (χ4v) is 1.59.